The molecule has 1 spiro atoms. The quantitative estimate of drug-likeness (QED) is 0.770. The van der Waals surface area contributed by atoms with Gasteiger partial charge in [-0.05, 0) is 56.9 Å². The Hall–Kier alpha value is -1.47. The van der Waals surface area contributed by atoms with Gasteiger partial charge < -0.3 is 14.5 Å². The van der Waals surface area contributed by atoms with Crippen LogP contribution in [-0.4, -0.2) is 67.4 Å². The van der Waals surface area contributed by atoms with Crippen LogP contribution in [0.15, 0.2) is 18.2 Å². The molecule has 26 heavy (non-hydrogen) atoms. The summed E-state index contributed by atoms with van der Waals surface area (Å²) in [7, 11) is 6.09. The van der Waals surface area contributed by atoms with Crippen molar-refractivity contribution in [3.8, 4) is 0 Å². The number of morpholine rings is 1. The summed E-state index contributed by atoms with van der Waals surface area (Å²) in [6.45, 7) is 6.94. The molecular formula is C19H25BF2N2O2. The summed E-state index contributed by atoms with van der Waals surface area (Å²) in [6.07, 6.45) is 1.98. The van der Waals surface area contributed by atoms with E-state index in [1.807, 2.05) is 6.92 Å². The molecule has 1 aromatic carbocycles. The van der Waals surface area contributed by atoms with E-state index in [2.05, 4.69) is 4.90 Å². The number of likely N-dealkylation sites (tertiary alicyclic amines) is 1. The number of hydrogen-bond acceptors (Lipinski definition) is 3. The van der Waals surface area contributed by atoms with Gasteiger partial charge >= 0.3 is 0 Å². The van der Waals surface area contributed by atoms with E-state index in [9.17, 15) is 13.6 Å². The Morgan fingerprint density at radius 2 is 1.96 bits per heavy atom. The molecule has 2 aliphatic heterocycles. The number of hydrogen-bond donors (Lipinski definition) is 0. The lowest BCUT2D eigenvalue weighted by molar-refractivity contribution is -0.200. The van der Waals surface area contributed by atoms with E-state index in [1.54, 1.807) is 11.8 Å². The molecule has 1 amide bonds. The number of ether oxygens (including phenoxy) is 1. The third-order valence-electron chi connectivity index (χ3n) is 5.47. The molecule has 7 heteroatoms. The summed E-state index contributed by atoms with van der Waals surface area (Å²) in [4.78, 5) is 16.3. The van der Waals surface area contributed by atoms with Crippen molar-refractivity contribution in [3.63, 3.8) is 0 Å². The van der Waals surface area contributed by atoms with Crippen LogP contribution in [-0.2, 0) is 16.0 Å². The SMILES string of the molecule is [B]C1(C)OC2(CCN(CCc3cc(F)ccc3F)CC2)CN(CC)C1=O. The van der Waals surface area contributed by atoms with Crippen molar-refractivity contribution in [1.29, 1.82) is 0 Å². The molecule has 2 aliphatic rings. The minimum atomic E-state index is -1.29. The van der Waals surface area contributed by atoms with Gasteiger partial charge in [0.2, 0.25) is 5.91 Å². The van der Waals surface area contributed by atoms with Gasteiger partial charge in [-0.25, -0.2) is 8.78 Å². The van der Waals surface area contributed by atoms with Gasteiger partial charge in [0, 0.05) is 32.7 Å². The largest absolute Gasteiger partial charge is 0.367 e. The predicted octanol–water partition coefficient (Wildman–Crippen LogP) is 2.11. The lowest BCUT2D eigenvalue weighted by atomic mass is 9.76. The van der Waals surface area contributed by atoms with Crippen molar-refractivity contribution >= 4 is 13.8 Å². The highest BCUT2D eigenvalue weighted by molar-refractivity contribution is 6.27. The zero-order chi connectivity index (χ0) is 18.9. The van der Waals surface area contributed by atoms with E-state index in [0.29, 0.717) is 31.6 Å². The lowest BCUT2D eigenvalue weighted by Gasteiger charge is -2.52. The molecule has 0 N–H and O–H groups in total. The fraction of sp³-hybridized carbons (Fsp3) is 0.632. The van der Waals surface area contributed by atoms with Crippen molar-refractivity contribution < 1.29 is 18.3 Å². The van der Waals surface area contributed by atoms with Gasteiger partial charge in [-0.3, -0.25) is 4.79 Å². The van der Waals surface area contributed by atoms with Gasteiger partial charge in [-0.15, -0.1) is 0 Å². The van der Waals surface area contributed by atoms with Gasteiger partial charge in [-0.1, -0.05) is 0 Å². The van der Waals surface area contributed by atoms with Crippen LogP contribution < -0.4 is 0 Å². The minimum Gasteiger partial charge on any atom is -0.367 e. The molecule has 2 heterocycles. The normalized spacial score (nSPS) is 26.5. The average Bonchev–Trinajstić information content (AvgIpc) is 2.60. The third kappa shape index (κ3) is 3.93. The molecule has 2 fully saturated rings. The van der Waals surface area contributed by atoms with Crippen LogP contribution in [0, 0.1) is 11.6 Å². The molecule has 0 bridgehead atoms. The standard InChI is InChI=1S/C19H25BF2N2O2/c1-3-24-13-19(26-18(2,20)17(24)25)7-10-23(11-8-19)9-6-14-12-15(21)4-5-16(14)22/h4-5,12H,3,6-11,13H2,1-2H3. The highest BCUT2D eigenvalue weighted by Gasteiger charge is 2.49. The molecule has 1 atom stereocenters. The number of halogens is 2. The highest BCUT2D eigenvalue weighted by Crippen LogP contribution is 2.36. The van der Waals surface area contributed by atoms with E-state index >= 15 is 0 Å². The minimum absolute atomic E-state index is 0.172. The molecular weight excluding hydrogens is 337 g/mol. The highest BCUT2D eigenvalue weighted by atomic mass is 19.1. The molecule has 1 unspecified atom stereocenters. The molecule has 2 saturated heterocycles. The summed E-state index contributed by atoms with van der Waals surface area (Å²) >= 11 is 0. The average molecular weight is 362 g/mol. The Bertz CT molecular complexity index is 676. The molecule has 0 saturated carbocycles. The van der Waals surface area contributed by atoms with Gasteiger partial charge in [0.15, 0.2) is 0 Å². The number of carbonyl (C=O) groups excluding carboxylic acids is 1. The fourth-order valence-corrected chi connectivity index (χ4v) is 3.97. The second kappa shape index (κ2) is 7.27. The number of likely N-dealkylation sites (N-methyl/N-ethyl adjacent to an activating group) is 1. The summed E-state index contributed by atoms with van der Waals surface area (Å²) in [6, 6.07) is 3.56. The molecule has 1 aromatic rings. The Labute approximate surface area is 154 Å². The van der Waals surface area contributed by atoms with Crippen molar-refractivity contribution in [3.05, 3.63) is 35.4 Å². The molecule has 2 radical (unpaired) electrons. The van der Waals surface area contributed by atoms with Crippen LogP contribution >= 0.6 is 0 Å². The van der Waals surface area contributed by atoms with Crippen LogP contribution in [0.5, 0.6) is 0 Å². The van der Waals surface area contributed by atoms with Crippen LogP contribution in [0.1, 0.15) is 32.3 Å². The first-order chi connectivity index (χ1) is 12.2. The monoisotopic (exact) mass is 362 g/mol. The van der Waals surface area contributed by atoms with Crippen molar-refractivity contribution in [2.24, 2.45) is 0 Å². The number of amides is 1. The summed E-state index contributed by atoms with van der Waals surface area (Å²) in [5.41, 5.74) is -1.31. The van der Waals surface area contributed by atoms with Crippen molar-refractivity contribution in [2.75, 3.05) is 32.7 Å². The zero-order valence-corrected chi connectivity index (χ0v) is 15.4. The molecule has 140 valence electrons. The summed E-state index contributed by atoms with van der Waals surface area (Å²) in [5, 5.41) is 0. The number of piperidine rings is 1. The van der Waals surface area contributed by atoms with Crippen molar-refractivity contribution in [2.45, 2.75) is 44.2 Å². The lowest BCUT2D eigenvalue weighted by Crippen LogP contribution is -2.66. The maximum Gasteiger partial charge on any atom is 0.244 e. The van der Waals surface area contributed by atoms with E-state index in [1.165, 1.54) is 12.1 Å². The number of nitrogens with zero attached hydrogens (tertiary/aromatic N) is 2. The van der Waals surface area contributed by atoms with Gasteiger partial charge in [0.05, 0.1) is 5.60 Å². The van der Waals surface area contributed by atoms with Crippen LogP contribution in [0.2, 0.25) is 0 Å². The van der Waals surface area contributed by atoms with Crippen LogP contribution in [0.4, 0.5) is 8.78 Å². The molecule has 0 aliphatic carbocycles. The van der Waals surface area contributed by atoms with Crippen LogP contribution in [0.3, 0.4) is 0 Å². The molecule has 3 rings (SSSR count). The maximum absolute atomic E-state index is 13.8. The third-order valence-corrected chi connectivity index (χ3v) is 5.47. The Morgan fingerprint density at radius 1 is 1.27 bits per heavy atom. The van der Waals surface area contributed by atoms with Crippen LogP contribution in [0.25, 0.3) is 0 Å². The predicted molar refractivity (Wildman–Crippen MR) is 96.0 cm³/mol. The Balaban J connectivity index is 1.58. The molecule has 0 aromatic heterocycles. The fourth-order valence-electron chi connectivity index (χ4n) is 3.97. The smallest absolute Gasteiger partial charge is 0.244 e. The number of rotatable bonds is 4. The Kier molecular flexibility index (Phi) is 5.40. The molecule has 4 nitrogen and oxygen atoms in total. The topological polar surface area (TPSA) is 32.8 Å². The number of benzene rings is 1. The van der Waals surface area contributed by atoms with Crippen molar-refractivity contribution in [1.82, 2.24) is 9.80 Å². The second-order valence-corrected chi connectivity index (χ2v) is 7.54. The van der Waals surface area contributed by atoms with E-state index in [0.717, 1.165) is 32.0 Å². The van der Waals surface area contributed by atoms with E-state index in [4.69, 9.17) is 12.6 Å². The first kappa shape index (κ1) is 19.3. The van der Waals surface area contributed by atoms with Gasteiger partial charge in [0.25, 0.3) is 0 Å². The first-order valence-corrected chi connectivity index (χ1v) is 9.19. The summed E-state index contributed by atoms with van der Waals surface area (Å²) < 4.78 is 33.1. The zero-order valence-electron chi connectivity index (χ0n) is 15.4. The number of carbonyl (C=O) groups is 1. The van der Waals surface area contributed by atoms with E-state index < -0.39 is 16.9 Å². The Morgan fingerprint density at radius 3 is 2.62 bits per heavy atom. The second-order valence-electron chi connectivity index (χ2n) is 7.54. The summed E-state index contributed by atoms with van der Waals surface area (Å²) in [5.74, 6) is -0.956. The first-order valence-electron chi connectivity index (χ1n) is 9.19. The van der Waals surface area contributed by atoms with E-state index in [-0.39, 0.29) is 11.7 Å². The van der Waals surface area contributed by atoms with Gasteiger partial charge in [-0.2, -0.15) is 0 Å². The maximum atomic E-state index is 13.8. The van der Waals surface area contributed by atoms with Gasteiger partial charge in [0.1, 0.15) is 25.0 Å².